The van der Waals surface area contributed by atoms with Gasteiger partial charge in [0.15, 0.2) is 0 Å². The molecule has 4 aromatic rings. The van der Waals surface area contributed by atoms with Gasteiger partial charge < -0.3 is 10.3 Å². The van der Waals surface area contributed by atoms with Crippen LogP contribution >= 0.6 is 0 Å². The Hall–Kier alpha value is -3.42. The molecule has 0 fully saturated rings. The molecule has 4 rings (SSSR count). The van der Waals surface area contributed by atoms with Crippen molar-refractivity contribution in [2.45, 2.75) is 6.54 Å². The van der Waals surface area contributed by atoms with Crippen molar-refractivity contribution in [3.8, 4) is 0 Å². The zero-order valence-corrected chi connectivity index (χ0v) is 11.9. The summed E-state index contributed by atoms with van der Waals surface area (Å²) in [6, 6.07) is 12.5. The summed E-state index contributed by atoms with van der Waals surface area (Å²) in [6.45, 7) is -0.0697. The molecular weight excluding hydrogens is 296 g/mol. The van der Waals surface area contributed by atoms with Gasteiger partial charge in [0.1, 0.15) is 17.6 Å². The Morgan fingerprint density at radius 2 is 1.96 bits per heavy atom. The molecule has 2 heterocycles. The van der Waals surface area contributed by atoms with Crippen LogP contribution in [0.25, 0.3) is 22.1 Å². The van der Waals surface area contributed by atoms with Crippen LogP contribution in [0.2, 0.25) is 0 Å². The van der Waals surface area contributed by atoms with Gasteiger partial charge in [-0.25, -0.2) is 4.79 Å². The molecule has 0 saturated heterocycles. The SMILES string of the molecule is O=C(Cn1c(=O)[nH]c2ccccc21)Nc1ccc2n[nH]nc2c1. The van der Waals surface area contributed by atoms with E-state index < -0.39 is 0 Å². The van der Waals surface area contributed by atoms with E-state index in [1.165, 1.54) is 4.57 Å². The van der Waals surface area contributed by atoms with Crippen molar-refractivity contribution >= 4 is 33.7 Å². The highest BCUT2D eigenvalue weighted by molar-refractivity contribution is 5.93. The van der Waals surface area contributed by atoms with Crippen molar-refractivity contribution in [3.05, 3.63) is 52.9 Å². The summed E-state index contributed by atoms with van der Waals surface area (Å²) in [6.07, 6.45) is 0. The van der Waals surface area contributed by atoms with Gasteiger partial charge in [-0.05, 0) is 30.3 Å². The molecule has 2 aromatic heterocycles. The van der Waals surface area contributed by atoms with E-state index in [4.69, 9.17) is 0 Å². The predicted molar refractivity (Wildman–Crippen MR) is 85.1 cm³/mol. The van der Waals surface area contributed by atoms with Crippen molar-refractivity contribution in [3.63, 3.8) is 0 Å². The molecule has 1 amide bonds. The molecule has 0 aliphatic rings. The van der Waals surface area contributed by atoms with E-state index in [0.29, 0.717) is 22.2 Å². The summed E-state index contributed by atoms with van der Waals surface area (Å²) in [5, 5.41) is 13.2. The van der Waals surface area contributed by atoms with Gasteiger partial charge in [-0.2, -0.15) is 15.4 Å². The standard InChI is InChI=1S/C15H12N6O2/c22-14(16-9-5-6-10-12(7-9)19-20-18-10)8-21-13-4-2-1-3-11(13)17-15(21)23/h1-7H,8H2,(H,16,22)(H,17,23)(H,18,19,20). The molecule has 0 bridgehead atoms. The Morgan fingerprint density at radius 3 is 2.87 bits per heavy atom. The highest BCUT2D eigenvalue weighted by Gasteiger charge is 2.11. The molecule has 0 saturated carbocycles. The number of para-hydroxylation sites is 2. The number of nitrogens with one attached hydrogen (secondary N) is 3. The number of hydrogen-bond donors (Lipinski definition) is 3. The molecule has 0 aliphatic carbocycles. The number of aromatic nitrogens is 5. The molecule has 8 nitrogen and oxygen atoms in total. The fourth-order valence-corrected chi connectivity index (χ4v) is 2.53. The summed E-state index contributed by atoms with van der Waals surface area (Å²) in [4.78, 5) is 26.9. The maximum Gasteiger partial charge on any atom is 0.326 e. The summed E-state index contributed by atoms with van der Waals surface area (Å²) in [7, 11) is 0. The fourth-order valence-electron chi connectivity index (χ4n) is 2.53. The van der Waals surface area contributed by atoms with E-state index in [1.54, 1.807) is 30.3 Å². The van der Waals surface area contributed by atoms with Crippen LogP contribution in [-0.2, 0) is 11.3 Å². The van der Waals surface area contributed by atoms with Gasteiger partial charge in [0, 0.05) is 5.69 Å². The number of aromatic amines is 2. The van der Waals surface area contributed by atoms with Crippen molar-refractivity contribution in [2.75, 3.05) is 5.32 Å². The molecule has 3 N–H and O–H groups in total. The zero-order chi connectivity index (χ0) is 15.8. The number of fused-ring (bicyclic) bond motifs is 2. The first-order chi connectivity index (χ1) is 11.2. The number of hydrogen-bond acceptors (Lipinski definition) is 4. The lowest BCUT2D eigenvalue weighted by Crippen LogP contribution is -2.25. The average molecular weight is 308 g/mol. The van der Waals surface area contributed by atoms with Gasteiger partial charge >= 0.3 is 5.69 Å². The molecule has 0 radical (unpaired) electrons. The summed E-state index contributed by atoms with van der Waals surface area (Å²) in [5.74, 6) is -0.292. The molecule has 0 aliphatic heterocycles. The number of benzene rings is 2. The normalized spacial score (nSPS) is 11.1. The van der Waals surface area contributed by atoms with Gasteiger partial charge in [-0.1, -0.05) is 12.1 Å². The van der Waals surface area contributed by atoms with E-state index in [1.807, 2.05) is 12.1 Å². The number of H-pyrrole nitrogens is 2. The number of imidazole rings is 1. The third-order valence-corrected chi connectivity index (χ3v) is 3.58. The van der Waals surface area contributed by atoms with Crippen LogP contribution in [0.3, 0.4) is 0 Å². The van der Waals surface area contributed by atoms with Crippen LogP contribution in [-0.4, -0.2) is 30.9 Å². The lowest BCUT2D eigenvalue weighted by molar-refractivity contribution is -0.116. The monoisotopic (exact) mass is 308 g/mol. The molecule has 23 heavy (non-hydrogen) atoms. The Morgan fingerprint density at radius 1 is 1.13 bits per heavy atom. The number of nitrogens with zero attached hydrogens (tertiary/aromatic N) is 3. The fraction of sp³-hybridized carbons (Fsp3) is 0.0667. The van der Waals surface area contributed by atoms with Crippen LogP contribution in [0.1, 0.15) is 0 Å². The molecule has 2 aromatic carbocycles. The van der Waals surface area contributed by atoms with Crippen molar-refractivity contribution in [1.29, 1.82) is 0 Å². The maximum atomic E-state index is 12.2. The molecular formula is C15H12N6O2. The first kappa shape index (κ1) is 13.3. The van der Waals surface area contributed by atoms with E-state index in [-0.39, 0.29) is 18.1 Å². The third kappa shape index (κ3) is 2.35. The Bertz CT molecular complexity index is 1070. The van der Waals surface area contributed by atoms with Crippen molar-refractivity contribution < 1.29 is 4.79 Å². The highest BCUT2D eigenvalue weighted by atomic mass is 16.2. The Balaban J connectivity index is 1.59. The second kappa shape index (κ2) is 5.09. The van der Waals surface area contributed by atoms with E-state index in [9.17, 15) is 9.59 Å². The predicted octanol–water partition coefficient (Wildman–Crippen LogP) is 1.24. The van der Waals surface area contributed by atoms with Gasteiger partial charge in [-0.3, -0.25) is 9.36 Å². The second-order valence-electron chi connectivity index (χ2n) is 5.11. The Labute approximate surface area is 129 Å². The lowest BCUT2D eigenvalue weighted by Gasteiger charge is -2.06. The van der Waals surface area contributed by atoms with Gasteiger partial charge in [0.2, 0.25) is 5.91 Å². The van der Waals surface area contributed by atoms with Gasteiger partial charge in [0.05, 0.1) is 11.0 Å². The molecule has 0 atom stereocenters. The zero-order valence-electron chi connectivity index (χ0n) is 11.9. The second-order valence-corrected chi connectivity index (χ2v) is 5.11. The topological polar surface area (TPSA) is 108 Å². The Kier molecular flexibility index (Phi) is 2.94. The van der Waals surface area contributed by atoms with E-state index in [2.05, 4.69) is 25.7 Å². The van der Waals surface area contributed by atoms with Crippen LogP contribution < -0.4 is 11.0 Å². The minimum Gasteiger partial charge on any atom is -0.324 e. The van der Waals surface area contributed by atoms with Crippen LogP contribution in [0.5, 0.6) is 0 Å². The van der Waals surface area contributed by atoms with Crippen molar-refractivity contribution in [2.24, 2.45) is 0 Å². The van der Waals surface area contributed by atoms with E-state index in [0.717, 1.165) is 5.52 Å². The smallest absolute Gasteiger partial charge is 0.324 e. The largest absolute Gasteiger partial charge is 0.326 e. The van der Waals surface area contributed by atoms with Crippen LogP contribution in [0.15, 0.2) is 47.3 Å². The first-order valence-corrected chi connectivity index (χ1v) is 6.99. The summed E-state index contributed by atoms with van der Waals surface area (Å²) < 4.78 is 1.40. The quantitative estimate of drug-likeness (QED) is 0.529. The first-order valence-electron chi connectivity index (χ1n) is 6.99. The number of amides is 1. The van der Waals surface area contributed by atoms with Gasteiger partial charge in [0.25, 0.3) is 0 Å². The number of anilines is 1. The molecule has 0 unspecified atom stereocenters. The minimum absolute atomic E-state index is 0.0697. The lowest BCUT2D eigenvalue weighted by atomic mass is 10.2. The summed E-state index contributed by atoms with van der Waals surface area (Å²) >= 11 is 0. The van der Waals surface area contributed by atoms with E-state index >= 15 is 0 Å². The summed E-state index contributed by atoms with van der Waals surface area (Å²) in [5.41, 5.74) is 3.06. The number of rotatable bonds is 3. The molecule has 114 valence electrons. The molecule has 8 heteroatoms. The van der Waals surface area contributed by atoms with Crippen molar-refractivity contribution in [1.82, 2.24) is 25.0 Å². The van der Waals surface area contributed by atoms with Crippen LogP contribution in [0.4, 0.5) is 5.69 Å². The minimum atomic E-state index is -0.312. The van der Waals surface area contributed by atoms with Crippen LogP contribution in [0, 0.1) is 0 Å². The third-order valence-electron chi connectivity index (χ3n) is 3.58. The maximum absolute atomic E-state index is 12.2. The number of carbonyl (C=O) groups excluding carboxylic acids is 1. The number of carbonyl (C=O) groups is 1. The average Bonchev–Trinajstić information content (AvgIpc) is 3.12. The van der Waals surface area contributed by atoms with Gasteiger partial charge in [-0.15, -0.1) is 0 Å². The highest BCUT2D eigenvalue weighted by Crippen LogP contribution is 2.15. The molecule has 0 spiro atoms.